The number of Topliss-reactive ketones (excluding diaryl/α,β-unsaturated/α-hetero) is 1. The number of halogens is 1. The molecule has 4 nitrogen and oxygen atoms in total. The number of ketones is 1. The van der Waals surface area contributed by atoms with Gasteiger partial charge in [-0.25, -0.2) is 4.39 Å². The van der Waals surface area contributed by atoms with Gasteiger partial charge < -0.3 is 10.8 Å². The first-order valence-electron chi connectivity index (χ1n) is 6.23. The van der Waals surface area contributed by atoms with Crippen molar-refractivity contribution in [1.29, 1.82) is 0 Å². The number of carbonyl (C=O) groups excluding carboxylic acids is 1. The number of hydrogen-bond donors (Lipinski definition) is 2. The highest BCUT2D eigenvalue weighted by Crippen LogP contribution is 2.34. The molecule has 1 unspecified atom stereocenters. The summed E-state index contributed by atoms with van der Waals surface area (Å²) in [5, 5.41) is 12.2. The van der Waals surface area contributed by atoms with E-state index in [4.69, 9.17) is 10.8 Å². The summed E-state index contributed by atoms with van der Waals surface area (Å²) in [5.41, 5.74) is 5.73. The summed E-state index contributed by atoms with van der Waals surface area (Å²) in [6.07, 6.45) is -0.894. The smallest absolute Gasteiger partial charge is 0.310 e. The molecule has 0 saturated heterocycles. The lowest BCUT2D eigenvalue weighted by molar-refractivity contribution is -0.140. The van der Waals surface area contributed by atoms with Gasteiger partial charge in [0.1, 0.15) is 18.0 Å². The van der Waals surface area contributed by atoms with Crippen molar-refractivity contribution in [3.05, 3.63) is 58.0 Å². The number of nitrogens with two attached hydrogens (primary N) is 1. The maximum Gasteiger partial charge on any atom is 0.310 e. The molecule has 1 aromatic carbocycles. The van der Waals surface area contributed by atoms with Gasteiger partial charge in [0.2, 0.25) is 0 Å². The van der Waals surface area contributed by atoms with Crippen LogP contribution >= 0.6 is 11.3 Å². The third kappa shape index (κ3) is 3.34. The van der Waals surface area contributed by atoms with Crippen LogP contribution in [-0.2, 0) is 15.1 Å². The Morgan fingerprint density at radius 2 is 2.00 bits per heavy atom. The molecule has 0 bridgehead atoms. The third-order valence-corrected chi connectivity index (χ3v) is 3.90. The molecule has 0 aliphatic heterocycles. The minimum absolute atomic E-state index is 0.183. The van der Waals surface area contributed by atoms with Gasteiger partial charge in [-0.2, -0.15) is 11.3 Å². The minimum Gasteiger partial charge on any atom is -0.481 e. The number of benzene rings is 1. The zero-order valence-electron chi connectivity index (χ0n) is 11.1. The lowest BCUT2D eigenvalue weighted by atomic mass is 9.80. The first-order valence-corrected chi connectivity index (χ1v) is 7.18. The Morgan fingerprint density at radius 3 is 2.57 bits per heavy atom. The average Bonchev–Trinajstić information content (AvgIpc) is 2.92. The fourth-order valence-electron chi connectivity index (χ4n) is 2.24. The first-order chi connectivity index (χ1) is 9.93. The molecule has 1 aromatic heterocycles. The zero-order chi connectivity index (χ0) is 15.5. The van der Waals surface area contributed by atoms with Crippen molar-refractivity contribution in [2.45, 2.75) is 18.4 Å². The third-order valence-electron chi connectivity index (χ3n) is 3.22. The number of carboxylic acids is 1. The topological polar surface area (TPSA) is 80.4 Å². The largest absolute Gasteiger partial charge is 0.481 e. The number of carboxylic acid groups (broad SMARTS) is 1. The normalized spacial score (nSPS) is 13.6. The number of thiophene rings is 1. The second-order valence-corrected chi connectivity index (χ2v) is 5.53. The van der Waals surface area contributed by atoms with Crippen molar-refractivity contribution in [2.75, 3.05) is 0 Å². The molecule has 110 valence electrons. The molecule has 1 heterocycles. The van der Waals surface area contributed by atoms with Crippen LogP contribution in [0.25, 0.3) is 0 Å². The average molecular weight is 307 g/mol. The highest BCUT2D eigenvalue weighted by Gasteiger charge is 2.35. The fraction of sp³-hybridized carbons (Fsp3) is 0.200. The Morgan fingerprint density at radius 1 is 1.29 bits per heavy atom. The summed E-state index contributed by atoms with van der Waals surface area (Å²) in [4.78, 5) is 22.5. The standard InChI is InChI=1S/C15H14FNO3S/c16-13-4-2-1-3-12(13)15(17,10-5-6-21-9-10)8-11(18)7-14(19)20/h1-6,9H,7-8,17H2,(H,19,20). The van der Waals surface area contributed by atoms with Crippen LogP contribution < -0.4 is 5.73 Å². The molecular formula is C15H14FNO3S. The minimum atomic E-state index is -1.36. The SMILES string of the molecule is NC(CC(=O)CC(=O)O)(c1ccsc1)c1ccccc1F. The van der Waals surface area contributed by atoms with Crippen molar-refractivity contribution in [2.24, 2.45) is 5.73 Å². The highest BCUT2D eigenvalue weighted by molar-refractivity contribution is 7.08. The molecule has 2 aromatic rings. The van der Waals surface area contributed by atoms with Gasteiger partial charge in [-0.1, -0.05) is 18.2 Å². The summed E-state index contributed by atoms with van der Waals surface area (Å²) in [5.74, 6) is -2.28. The van der Waals surface area contributed by atoms with E-state index in [1.807, 2.05) is 0 Å². The molecule has 2 rings (SSSR count). The van der Waals surface area contributed by atoms with Crippen LogP contribution in [0.4, 0.5) is 4.39 Å². The second-order valence-electron chi connectivity index (χ2n) is 4.75. The monoisotopic (exact) mass is 307 g/mol. The van der Waals surface area contributed by atoms with E-state index in [9.17, 15) is 14.0 Å². The van der Waals surface area contributed by atoms with Crippen molar-refractivity contribution in [3.63, 3.8) is 0 Å². The van der Waals surface area contributed by atoms with Crippen LogP contribution in [0.5, 0.6) is 0 Å². The number of aliphatic carboxylic acids is 1. The Balaban J connectivity index is 2.43. The van der Waals surface area contributed by atoms with E-state index < -0.39 is 29.5 Å². The van der Waals surface area contributed by atoms with Gasteiger partial charge >= 0.3 is 5.97 Å². The van der Waals surface area contributed by atoms with Gasteiger partial charge in [-0.3, -0.25) is 9.59 Å². The van der Waals surface area contributed by atoms with Crippen molar-refractivity contribution < 1.29 is 19.1 Å². The molecule has 0 amide bonds. The van der Waals surface area contributed by atoms with Crippen LogP contribution in [0, 0.1) is 5.82 Å². The summed E-state index contributed by atoms with van der Waals surface area (Å²) >= 11 is 1.38. The lowest BCUT2D eigenvalue weighted by Crippen LogP contribution is -2.41. The van der Waals surface area contributed by atoms with E-state index in [0.717, 1.165) is 0 Å². The molecule has 3 N–H and O–H groups in total. The highest BCUT2D eigenvalue weighted by atomic mass is 32.1. The maximum absolute atomic E-state index is 14.1. The van der Waals surface area contributed by atoms with E-state index in [2.05, 4.69) is 0 Å². The first kappa shape index (κ1) is 15.3. The molecule has 1 atom stereocenters. The van der Waals surface area contributed by atoms with Crippen molar-refractivity contribution in [1.82, 2.24) is 0 Å². The molecule has 0 fully saturated rings. The predicted molar refractivity (Wildman–Crippen MR) is 77.6 cm³/mol. The predicted octanol–water partition coefficient (Wildman–Crippen LogP) is 2.52. The number of carbonyl (C=O) groups is 2. The number of hydrogen-bond acceptors (Lipinski definition) is 4. The molecule has 0 aliphatic carbocycles. The summed E-state index contributed by atoms with van der Waals surface area (Å²) < 4.78 is 14.1. The van der Waals surface area contributed by atoms with Gasteiger partial charge in [0.25, 0.3) is 0 Å². The van der Waals surface area contributed by atoms with Crippen LogP contribution in [0.3, 0.4) is 0 Å². The zero-order valence-corrected chi connectivity index (χ0v) is 11.9. The van der Waals surface area contributed by atoms with E-state index in [1.54, 1.807) is 22.9 Å². The Kier molecular flexibility index (Phi) is 4.50. The molecule has 21 heavy (non-hydrogen) atoms. The van der Waals surface area contributed by atoms with Crippen LogP contribution in [0.1, 0.15) is 24.0 Å². The van der Waals surface area contributed by atoms with Crippen LogP contribution in [-0.4, -0.2) is 16.9 Å². The number of rotatable bonds is 6. The molecule has 0 radical (unpaired) electrons. The fourth-order valence-corrected chi connectivity index (χ4v) is 2.98. The second kappa shape index (κ2) is 6.15. The van der Waals surface area contributed by atoms with Crippen LogP contribution in [0.2, 0.25) is 0 Å². The summed E-state index contributed by atoms with van der Waals surface area (Å²) in [6.45, 7) is 0. The maximum atomic E-state index is 14.1. The molecule has 0 spiro atoms. The summed E-state index contributed by atoms with van der Waals surface area (Å²) in [6, 6.07) is 7.66. The van der Waals surface area contributed by atoms with Crippen LogP contribution in [0.15, 0.2) is 41.1 Å². The van der Waals surface area contributed by atoms with Gasteiger partial charge in [-0.05, 0) is 28.5 Å². The molecule has 0 saturated carbocycles. The van der Waals surface area contributed by atoms with E-state index >= 15 is 0 Å². The van der Waals surface area contributed by atoms with Gasteiger partial charge in [-0.15, -0.1) is 0 Å². The van der Waals surface area contributed by atoms with Crippen molar-refractivity contribution in [3.8, 4) is 0 Å². The van der Waals surface area contributed by atoms with Crippen molar-refractivity contribution >= 4 is 23.1 Å². The van der Waals surface area contributed by atoms with E-state index in [0.29, 0.717) is 5.56 Å². The summed E-state index contributed by atoms with van der Waals surface area (Å²) in [7, 11) is 0. The van der Waals surface area contributed by atoms with Gasteiger partial charge in [0.05, 0.1) is 5.54 Å². The lowest BCUT2D eigenvalue weighted by Gasteiger charge is -2.29. The molecular weight excluding hydrogens is 293 g/mol. The quantitative estimate of drug-likeness (QED) is 0.804. The Hall–Kier alpha value is -2.05. The Bertz CT molecular complexity index is 657. The molecule has 0 aliphatic rings. The van der Waals surface area contributed by atoms with Gasteiger partial charge in [0, 0.05) is 12.0 Å². The molecule has 6 heteroatoms. The van der Waals surface area contributed by atoms with Gasteiger partial charge in [0.15, 0.2) is 0 Å². The Labute approximate surface area is 125 Å². The van der Waals surface area contributed by atoms with E-state index in [-0.39, 0.29) is 12.0 Å². The van der Waals surface area contributed by atoms with E-state index in [1.165, 1.54) is 29.5 Å².